The number of phenols is 1. The summed E-state index contributed by atoms with van der Waals surface area (Å²) in [6, 6.07) is 4.20. The predicted octanol–water partition coefficient (Wildman–Crippen LogP) is 0.355. The summed E-state index contributed by atoms with van der Waals surface area (Å²) >= 11 is 0. The molecule has 0 heterocycles. The summed E-state index contributed by atoms with van der Waals surface area (Å²) in [5.74, 6) is 0.0145. The molecule has 4 heteroatoms. The zero-order valence-electron chi connectivity index (χ0n) is 7.44. The normalized spacial score (nSPS) is 15.3. The van der Waals surface area contributed by atoms with Crippen molar-refractivity contribution < 1.29 is 10.2 Å². The maximum Gasteiger partial charge on any atom is 0.138 e. The number of rotatable bonds is 2. The Labute approximate surface area is 76.8 Å². The minimum Gasteiger partial charge on any atom is -0.506 e. The summed E-state index contributed by atoms with van der Waals surface area (Å²) in [7, 11) is 0. The first-order valence-electron chi connectivity index (χ1n) is 4.04. The number of benzene rings is 1. The van der Waals surface area contributed by atoms with E-state index in [1.807, 2.05) is 0 Å². The monoisotopic (exact) mass is 182 g/mol. The van der Waals surface area contributed by atoms with Gasteiger partial charge < -0.3 is 21.7 Å². The fourth-order valence-electron chi connectivity index (χ4n) is 1.06. The number of nitrogens with two attached hydrogens (primary N) is 2. The molecule has 0 aliphatic rings. The molecule has 0 aromatic heterocycles. The number of hydrogen-bond acceptors (Lipinski definition) is 4. The van der Waals surface area contributed by atoms with Crippen LogP contribution in [0.15, 0.2) is 18.2 Å². The molecule has 0 amide bonds. The summed E-state index contributed by atoms with van der Waals surface area (Å²) in [6.07, 6.45) is -0.747. The van der Waals surface area contributed by atoms with Crippen molar-refractivity contribution in [2.24, 2.45) is 5.73 Å². The smallest absolute Gasteiger partial charge is 0.138 e. The second-order valence-corrected chi connectivity index (χ2v) is 3.12. The lowest BCUT2D eigenvalue weighted by atomic mass is 10.0. The summed E-state index contributed by atoms with van der Waals surface area (Å²) in [6.45, 7) is 1.70. The first kappa shape index (κ1) is 9.83. The first-order chi connectivity index (χ1) is 6.02. The fourth-order valence-corrected chi connectivity index (χ4v) is 1.06. The van der Waals surface area contributed by atoms with E-state index in [4.69, 9.17) is 16.6 Å². The molecule has 0 spiro atoms. The lowest BCUT2D eigenvalue weighted by Gasteiger charge is -2.15. The Balaban J connectivity index is 2.97. The molecule has 0 bridgehead atoms. The molecular weight excluding hydrogens is 168 g/mol. The van der Waals surface area contributed by atoms with Gasteiger partial charge in [-0.2, -0.15) is 0 Å². The molecule has 2 atom stereocenters. The zero-order chi connectivity index (χ0) is 10.0. The Bertz CT molecular complexity index is 300. The van der Waals surface area contributed by atoms with Crippen molar-refractivity contribution in [3.05, 3.63) is 23.8 Å². The molecular formula is C9H14N2O2. The van der Waals surface area contributed by atoms with Crippen LogP contribution in [0.1, 0.15) is 18.6 Å². The predicted molar refractivity (Wildman–Crippen MR) is 51.1 cm³/mol. The summed E-state index contributed by atoms with van der Waals surface area (Å²) < 4.78 is 0. The van der Waals surface area contributed by atoms with Gasteiger partial charge in [-0.05, 0) is 24.6 Å². The summed E-state index contributed by atoms with van der Waals surface area (Å²) in [4.78, 5) is 0. The quantitative estimate of drug-likeness (QED) is 0.392. The van der Waals surface area contributed by atoms with Gasteiger partial charge in [0.2, 0.25) is 0 Å². The maximum atomic E-state index is 9.55. The molecule has 0 fully saturated rings. The first-order valence-corrected chi connectivity index (χ1v) is 4.04. The molecule has 72 valence electrons. The molecule has 0 aliphatic heterocycles. The second kappa shape index (κ2) is 3.64. The van der Waals surface area contributed by atoms with Gasteiger partial charge in [0.15, 0.2) is 0 Å². The highest BCUT2D eigenvalue weighted by Crippen LogP contribution is 2.24. The van der Waals surface area contributed by atoms with Crippen LogP contribution >= 0.6 is 0 Å². The standard InChI is InChI=1S/C9H14N2O2/c1-5(10)9(13)6-2-3-8(12)7(11)4-6/h2-5,9,12-13H,10-11H2,1H3. The van der Waals surface area contributed by atoms with Crippen molar-refractivity contribution >= 4 is 5.69 Å². The van der Waals surface area contributed by atoms with Crippen molar-refractivity contribution in [2.75, 3.05) is 5.73 Å². The van der Waals surface area contributed by atoms with E-state index in [0.29, 0.717) is 5.56 Å². The van der Waals surface area contributed by atoms with Crippen molar-refractivity contribution in [1.82, 2.24) is 0 Å². The van der Waals surface area contributed by atoms with E-state index in [1.54, 1.807) is 13.0 Å². The number of anilines is 1. The molecule has 0 saturated heterocycles. The Morgan fingerprint density at radius 2 is 2.00 bits per heavy atom. The van der Waals surface area contributed by atoms with Crippen molar-refractivity contribution in [3.63, 3.8) is 0 Å². The highest BCUT2D eigenvalue weighted by atomic mass is 16.3. The van der Waals surface area contributed by atoms with E-state index < -0.39 is 6.10 Å². The van der Waals surface area contributed by atoms with E-state index in [2.05, 4.69) is 0 Å². The van der Waals surface area contributed by atoms with Crippen LogP contribution in [-0.4, -0.2) is 16.3 Å². The van der Waals surface area contributed by atoms with E-state index >= 15 is 0 Å². The average Bonchev–Trinajstić information content (AvgIpc) is 2.08. The highest BCUT2D eigenvalue weighted by Gasteiger charge is 2.12. The number of hydrogen-bond donors (Lipinski definition) is 4. The number of nitrogen functional groups attached to an aromatic ring is 1. The fraction of sp³-hybridized carbons (Fsp3) is 0.333. The van der Waals surface area contributed by atoms with Crippen LogP contribution in [0.2, 0.25) is 0 Å². The molecule has 0 saturated carbocycles. The van der Waals surface area contributed by atoms with Gasteiger partial charge in [0.05, 0.1) is 11.8 Å². The Morgan fingerprint density at radius 1 is 1.38 bits per heavy atom. The van der Waals surface area contributed by atoms with Crippen LogP contribution in [0.5, 0.6) is 5.75 Å². The van der Waals surface area contributed by atoms with Gasteiger partial charge in [-0.3, -0.25) is 0 Å². The Hall–Kier alpha value is -1.26. The van der Waals surface area contributed by atoms with Crippen LogP contribution in [0.25, 0.3) is 0 Å². The molecule has 4 nitrogen and oxygen atoms in total. The lowest BCUT2D eigenvalue weighted by Crippen LogP contribution is -2.24. The van der Waals surface area contributed by atoms with Crippen LogP contribution in [-0.2, 0) is 0 Å². The molecule has 0 radical (unpaired) electrons. The number of aliphatic hydroxyl groups is 1. The van der Waals surface area contributed by atoms with Crippen LogP contribution in [0.3, 0.4) is 0 Å². The largest absolute Gasteiger partial charge is 0.506 e. The van der Waals surface area contributed by atoms with Gasteiger partial charge in [-0.25, -0.2) is 0 Å². The third-order valence-corrected chi connectivity index (χ3v) is 1.89. The Morgan fingerprint density at radius 3 is 2.46 bits per heavy atom. The zero-order valence-corrected chi connectivity index (χ0v) is 7.44. The number of phenolic OH excluding ortho intramolecular Hbond substituents is 1. The van der Waals surface area contributed by atoms with Crippen LogP contribution in [0.4, 0.5) is 5.69 Å². The van der Waals surface area contributed by atoms with E-state index in [9.17, 15) is 5.11 Å². The van der Waals surface area contributed by atoms with Gasteiger partial charge in [0.25, 0.3) is 0 Å². The third kappa shape index (κ3) is 2.11. The van der Waals surface area contributed by atoms with Gasteiger partial charge in [-0.1, -0.05) is 6.07 Å². The van der Waals surface area contributed by atoms with E-state index in [0.717, 1.165) is 0 Å². The average molecular weight is 182 g/mol. The van der Waals surface area contributed by atoms with E-state index in [1.165, 1.54) is 12.1 Å². The summed E-state index contributed by atoms with van der Waals surface area (Å²) in [5, 5.41) is 18.7. The lowest BCUT2D eigenvalue weighted by molar-refractivity contribution is 0.153. The molecule has 1 rings (SSSR count). The van der Waals surface area contributed by atoms with Gasteiger partial charge in [0.1, 0.15) is 5.75 Å². The number of aromatic hydroxyl groups is 1. The van der Waals surface area contributed by atoms with Crippen LogP contribution < -0.4 is 11.5 Å². The summed E-state index contributed by atoms with van der Waals surface area (Å²) in [5.41, 5.74) is 11.8. The molecule has 1 aromatic rings. The van der Waals surface area contributed by atoms with Crippen LogP contribution in [0, 0.1) is 0 Å². The topological polar surface area (TPSA) is 92.5 Å². The third-order valence-electron chi connectivity index (χ3n) is 1.89. The molecule has 13 heavy (non-hydrogen) atoms. The minimum absolute atomic E-state index is 0.0145. The van der Waals surface area contributed by atoms with Crippen molar-refractivity contribution in [1.29, 1.82) is 0 Å². The maximum absolute atomic E-state index is 9.55. The van der Waals surface area contributed by atoms with Gasteiger partial charge in [-0.15, -0.1) is 0 Å². The Kier molecular flexibility index (Phi) is 2.75. The van der Waals surface area contributed by atoms with Gasteiger partial charge >= 0.3 is 0 Å². The molecule has 6 N–H and O–H groups in total. The molecule has 0 aliphatic carbocycles. The SMILES string of the molecule is CC(N)C(O)c1ccc(O)c(N)c1. The molecule has 2 unspecified atom stereocenters. The second-order valence-electron chi connectivity index (χ2n) is 3.12. The van der Waals surface area contributed by atoms with E-state index in [-0.39, 0.29) is 17.5 Å². The van der Waals surface area contributed by atoms with Crippen molar-refractivity contribution in [3.8, 4) is 5.75 Å². The van der Waals surface area contributed by atoms with Gasteiger partial charge in [0, 0.05) is 6.04 Å². The highest BCUT2D eigenvalue weighted by molar-refractivity contribution is 5.53. The number of aliphatic hydroxyl groups excluding tert-OH is 1. The molecule has 1 aromatic carbocycles. The minimum atomic E-state index is -0.747. The van der Waals surface area contributed by atoms with Crippen molar-refractivity contribution in [2.45, 2.75) is 19.1 Å².